The fourth-order valence-electron chi connectivity index (χ4n) is 2.57. The predicted octanol–water partition coefficient (Wildman–Crippen LogP) is 4.18. The molecule has 0 aromatic rings. The van der Waals surface area contributed by atoms with E-state index in [1.165, 1.54) is 12.8 Å². The lowest BCUT2D eigenvalue weighted by molar-refractivity contribution is 0.201. The number of rotatable bonds is 11. The third-order valence-electron chi connectivity index (χ3n) is 4.26. The van der Waals surface area contributed by atoms with Gasteiger partial charge in [-0.25, -0.2) is 8.42 Å². The molecule has 21 heavy (non-hydrogen) atoms. The highest BCUT2D eigenvalue weighted by Gasteiger charge is 2.30. The van der Waals surface area contributed by atoms with E-state index < -0.39 is 9.84 Å². The Morgan fingerprint density at radius 2 is 1.52 bits per heavy atom. The zero-order chi connectivity index (χ0) is 16.6. The monoisotopic (exact) mass is 319 g/mol. The summed E-state index contributed by atoms with van der Waals surface area (Å²) in [5.41, 5.74) is 0.193. The van der Waals surface area contributed by atoms with Crippen molar-refractivity contribution in [3.63, 3.8) is 0 Å². The lowest BCUT2D eigenvalue weighted by Crippen LogP contribution is -2.44. The third-order valence-corrected chi connectivity index (χ3v) is 6.12. The van der Waals surface area contributed by atoms with Gasteiger partial charge in [-0.1, -0.05) is 33.6 Å². The van der Waals surface area contributed by atoms with E-state index in [9.17, 15) is 8.42 Å². The van der Waals surface area contributed by atoms with Gasteiger partial charge in [-0.15, -0.1) is 0 Å². The van der Waals surface area contributed by atoms with E-state index in [4.69, 9.17) is 0 Å². The maximum atomic E-state index is 12.0. The van der Waals surface area contributed by atoms with Crippen LogP contribution in [0.5, 0.6) is 0 Å². The summed E-state index contributed by atoms with van der Waals surface area (Å²) in [5.74, 6) is 0.664. The van der Waals surface area contributed by atoms with Crippen LogP contribution < -0.4 is 5.32 Å². The van der Waals surface area contributed by atoms with Crippen LogP contribution in [0.25, 0.3) is 0 Å². The Labute approximate surface area is 133 Å². The molecule has 3 nitrogen and oxygen atoms in total. The Kier molecular flexibility index (Phi) is 9.10. The molecule has 1 N–H and O–H groups in total. The third kappa shape index (κ3) is 9.51. The Balaban J connectivity index is 4.85. The van der Waals surface area contributed by atoms with Gasteiger partial charge in [-0.2, -0.15) is 0 Å². The van der Waals surface area contributed by atoms with Crippen LogP contribution in [0.4, 0.5) is 0 Å². The highest BCUT2D eigenvalue weighted by atomic mass is 32.2. The zero-order valence-electron chi connectivity index (χ0n) is 15.1. The molecule has 0 aliphatic heterocycles. The standard InChI is InChI=1S/C17H37NO2S/c1-7-10-11-17(9-3,15-18-16(4,5)6)12-14-21(19,20)13-8-2/h18H,7-15H2,1-6H3. The largest absolute Gasteiger partial charge is 0.312 e. The SMILES string of the molecule is CCCCC(CC)(CCS(=O)(=O)CCC)CNC(C)(C)C. The lowest BCUT2D eigenvalue weighted by Gasteiger charge is -2.36. The first kappa shape index (κ1) is 20.9. The van der Waals surface area contributed by atoms with Crippen molar-refractivity contribution in [2.75, 3.05) is 18.1 Å². The molecule has 0 fully saturated rings. The molecule has 0 aromatic carbocycles. The van der Waals surface area contributed by atoms with E-state index in [0.717, 1.165) is 32.2 Å². The Morgan fingerprint density at radius 1 is 0.905 bits per heavy atom. The first-order chi connectivity index (χ1) is 9.60. The number of hydrogen-bond donors (Lipinski definition) is 1. The molecule has 0 rings (SSSR count). The van der Waals surface area contributed by atoms with E-state index >= 15 is 0 Å². The van der Waals surface area contributed by atoms with Crippen molar-refractivity contribution in [3.8, 4) is 0 Å². The minimum Gasteiger partial charge on any atom is -0.312 e. The molecule has 128 valence electrons. The molecule has 0 bridgehead atoms. The second kappa shape index (κ2) is 9.14. The predicted molar refractivity (Wildman–Crippen MR) is 93.6 cm³/mol. The molecule has 0 saturated carbocycles. The van der Waals surface area contributed by atoms with E-state index in [0.29, 0.717) is 11.5 Å². The van der Waals surface area contributed by atoms with Crippen LogP contribution in [0.1, 0.15) is 80.1 Å². The molecule has 0 radical (unpaired) electrons. The van der Waals surface area contributed by atoms with Crippen molar-refractivity contribution in [2.24, 2.45) is 5.41 Å². The van der Waals surface area contributed by atoms with E-state index in [-0.39, 0.29) is 11.0 Å². The maximum absolute atomic E-state index is 12.0. The van der Waals surface area contributed by atoms with Crippen molar-refractivity contribution in [2.45, 2.75) is 85.6 Å². The van der Waals surface area contributed by atoms with Gasteiger partial charge in [0.15, 0.2) is 0 Å². The minimum atomic E-state index is -2.88. The molecule has 1 unspecified atom stereocenters. The van der Waals surface area contributed by atoms with E-state index in [2.05, 4.69) is 39.9 Å². The average Bonchev–Trinajstić information content (AvgIpc) is 2.37. The molecule has 0 spiro atoms. The van der Waals surface area contributed by atoms with Crippen molar-refractivity contribution in [3.05, 3.63) is 0 Å². The van der Waals surface area contributed by atoms with Crippen LogP contribution in [0.3, 0.4) is 0 Å². The molecule has 1 atom stereocenters. The summed E-state index contributed by atoms with van der Waals surface area (Å²) >= 11 is 0. The van der Waals surface area contributed by atoms with Gasteiger partial charge in [0, 0.05) is 17.8 Å². The van der Waals surface area contributed by atoms with Crippen LogP contribution in [-0.2, 0) is 9.84 Å². The van der Waals surface area contributed by atoms with Crippen LogP contribution in [-0.4, -0.2) is 32.0 Å². The first-order valence-electron chi connectivity index (χ1n) is 8.55. The van der Waals surface area contributed by atoms with Gasteiger partial charge in [-0.05, 0) is 51.9 Å². The molecule has 0 saturated heterocycles. The quantitative estimate of drug-likeness (QED) is 0.621. The highest BCUT2D eigenvalue weighted by molar-refractivity contribution is 7.91. The van der Waals surface area contributed by atoms with Crippen LogP contribution in [0.2, 0.25) is 0 Å². The second-order valence-electron chi connectivity index (χ2n) is 7.46. The second-order valence-corrected chi connectivity index (χ2v) is 9.77. The maximum Gasteiger partial charge on any atom is 0.150 e. The smallest absolute Gasteiger partial charge is 0.150 e. The number of nitrogens with one attached hydrogen (secondary N) is 1. The van der Waals surface area contributed by atoms with Crippen molar-refractivity contribution < 1.29 is 8.42 Å². The first-order valence-corrected chi connectivity index (χ1v) is 10.4. The van der Waals surface area contributed by atoms with Crippen molar-refractivity contribution in [1.29, 1.82) is 0 Å². The topological polar surface area (TPSA) is 46.2 Å². The number of sulfone groups is 1. The summed E-state index contributed by atoms with van der Waals surface area (Å²) < 4.78 is 24.1. The van der Waals surface area contributed by atoms with Crippen LogP contribution >= 0.6 is 0 Å². The molecule has 0 heterocycles. The van der Waals surface area contributed by atoms with Gasteiger partial charge in [0.2, 0.25) is 0 Å². The average molecular weight is 320 g/mol. The molecule has 0 amide bonds. The Morgan fingerprint density at radius 3 is 1.95 bits per heavy atom. The van der Waals surface area contributed by atoms with Gasteiger partial charge < -0.3 is 5.32 Å². The summed E-state index contributed by atoms with van der Waals surface area (Å²) in [6.45, 7) is 13.7. The molecule has 0 aliphatic rings. The van der Waals surface area contributed by atoms with Crippen LogP contribution in [0.15, 0.2) is 0 Å². The summed E-state index contributed by atoms with van der Waals surface area (Å²) in [4.78, 5) is 0. The summed E-state index contributed by atoms with van der Waals surface area (Å²) in [6.07, 6.45) is 6.00. The number of unbranched alkanes of at least 4 members (excludes halogenated alkanes) is 1. The van der Waals surface area contributed by atoms with Crippen molar-refractivity contribution >= 4 is 9.84 Å². The zero-order valence-corrected chi connectivity index (χ0v) is 15.9. The highest BCUT2D eigenvalue weighted by Crippen LogP contribution is 2.33. The van der Waals surface area contributed by atoms with E-state index in [1.54, 1.807) is 0 Å². The van der Waals surface area contributed by atoms with Crippen LogP contribution in [0, 0.1) is 5.41 Å². The fraction of sp³-hybridized carbons (Fsp3) is 1.00. The van der Waals surface area contributed by atoms with Gasteiger partial charge in [0.25, 0.3) is 0 Å². The van der Waals surface area contributed by atoms with Gasteiger partial charge in [-0.3, -0.25) is 0 Å². The molecule has 0 aliphatic carbocycles. The Bertz CT molecular complexity index is 371. The minimum absolute atomic E-state index is 0.0783. The van der Waals surface area contributed by atoms with Crippen molar-refractivity contribution in [1.82, 2.24) is 5.32 Å². The summed E-state index contributed by atoms with van der Waals surface area (Å²) in [7, 11) is -2.88. The van der Waals surface area contributed by atoms with Gasteiger partial charge in [0.05, 0.1) is 5.75 Å². The molecular weight excluding hydrogens is 282 g/mol. The van der Waals surface area contributed by atoms with Gasteiger partial charge >= 0.3 is 0 Å². The molecule has 0 aromatic heterocycles. The van der Waals surface area contributed by atoms with Gasteiger partial charge in [0.1, 0.15) is 9.84 Å². The lowest BCUT2D eigenvalue weighted by atomic mass is 9.77. The van der Waals surface area contributed by atoms with E-state index in [1.807, 2.05) is 6.92 Å². The fourth-order valence-corrected chi connectivity index (χ4v) is 4.14. The Hall–Kier alpha value is -0.0900. The molecule has 4 heteroatoms. The summed E-state index contributed by atoms with van der Waals surface area (Å²) in [5, 5.41) is 3.60. The number of hydrogen-bond acceptors (Lipinski definition) is 3. The normalized spacial score (nSPS) is 15.9. The summed E-state index contributed by atoms with van der Waals surface area (Å²) in [6, 6.07) is 0. The molecular formula is C17H37NO2S.